The van der Waals surface area contributed by atoms with Crippen molar-refractivity contribution in [1.29, 1.82) is 0 Å². The Balaban J connectivity index is 1.29. The molecular formula is C29H43FN2. The van der Waals surface area contributed by atoms with Gasteiger partial charge in [-0.05, 0) is 114 Å². The molecule has 1 atom stereocenters. The Morgan fingerprint density at radius 1 is 0.969 bits per heavy atom. The van der Waals surface area contributed by atoms with Crippen molar-refractivity contribution in [2.75, 3.05) is 13.1 Å². The number of rotatable bonds is 11. The van der Waals surface area contributed by atoms with Gasteiger partial charge in [-0.15, -0.1) is 0 Å². The lowest BCUT2D eigenvalue weighted by Gasteiger charge is -2.54. The van der Waals surface area contributed by atoms with Crippen LogP contribution in [0.1, 0.15) is 71.3 Å². The van der Waals surface area contributed by atoms with Gasteiger partial charge in [-0.3, -0.25) is 0 Å². The van der Waals surface area contributed by atoms with Crippen LogP contribution in [0.4, 0.5) is 4.39 Å². The van der Waals surface area contributed by atoms with Crippen LogP contribution < -0.4 is 10.6 Å². The van der Waals surface area contributed by atoms with Gasteiger partial charge in [0.15, 0.2) is 0 Å². The lowest BCUT2D eigenvalue weighted by atomic mass is 9.54. The molecule has 0 radical (unpaired) electrons. The van der Waals surface area contributed by atoms with Crippen molar-refractivity contribution in [3.8, 4) is 0 Å². The minimum atomic E-state index is -0.161. The Morgan fingerprint density at radius 3 is 2.25 bits per heavy atom. The second kappa shape index (κ2) is 11.1. The summed E-state index contributed by atoms with van der Waals surface area (Å²) in [5, 5.41) is 7.74. The van der Waals surface area contributed by atoms with Crippen molar-refractivity contribution in [2.45, 2.75) is 84.2 Å². The van der Waals surface area contributed by atoms with Crippen LogP contribution in [0.25, 0.3) is 0 Å². The molecule has 4 fully saturated rings. The fourth-order valence-electron chi connectivity index (χ4n) is 6.83. The van der Waals surface area contributed by atoms with E-state index < -0.39 is 0 Å². The van der Waals surface area contributed by atoms with Crippen molar-refractivity contribution >= 4 is 0 Å². The summed E-state index contributed by atoms with van der Waals surface area (Å²) < 4.78 is 13.3. The molecule has 0 saturated heterocycles. The van der Waals surface area contributed by atoms with Crippen molar-refractivity contribution in [1.82, 2.24) is 10.6 Å². The van der Waals surface area contributed by atoms with Crippen LogP contribution in [-0.2, 0) is 6.42 Å². The summed E-state index contributed by atoms with van der Waals surface area (Å²) in [6.45, 7) is 8.58. The molecular weight excluding hydrogens is 395 g/mol. The highest BCUT2D eigenvalue weighted by Gasteiger charge is 2.47. The van der Waals surface area contributed by atoms with Gasteiger partial charge in [0.25, 0.3) is 0 Å². The molecule has 0 aliphatic heterocycles. The third-order valence-corrected chi connectivity index (χ3v) is 8.08. The maximum Gasteiger partial charge on any atom is 0.123 e. The third-order valence-electron chi connectivity index (χ3n) is 8.08. The van der Waals surface area contributed by atoms with Gasteiger partial charge in [-0.2, -0.15) is 0 Å². The van der Waals surface area contributed by atoms with E-state index in [0.29, 0.717) is 0 Å². The van der Waals surface area contributed by atoms with Crippen LogP contribution in [-0.4, -0.2) is 25.2 Å². The Morgan fingerprint density at radius 2 is 1.62 bits per heavy atom. The minimum Gasteiger partial charge on any atom is -0.312 e. The van der Waals surface area contributed by atoms with Crippen LogP contribution in [0.2, 0.25) is 0 Å². The van der Waals surface area contributed by atoms with E-state index in [1.807, 2.05) is 12.1 Å². The number of allylic oxidation sites excluding steroid dienone is 3. The largest absolute Gasteiger partial charge is 0.312 e. The highest BCUT2D eigenvalue weighted by molar-refractivity contribution is 5.19. The predicted octanol–water partition coefficient (Wildman–Crippen LogP) is 6.43. The molecule has 3 heteroatoms. The maximum atomic E-state index is 13.3. The zero-order chi connectivity index (χ0) is 22.5. The molecule has 1 unspecified atom stereocenters. The van der Waals surface area contributed by atoms with Crippen LogP contribution in [0.15, 0.2) is 47.6 Å². The molecule has 0 aromatic heterocycles. The highest BCUT2D eigenvalue weighted by Crippen LogP contribution is 2.53. The van der Waals surface area contributed by atoms with Crippen molar-refractivity contribution in [3.05, 3.63) is 58.9 Å². The molecule has 4 aliphatic carbocycles. The van der Waals surface area contributed by atoms with E-state index in [2.05, 4.69) is 43.6 Å². The second-order valence-electron chi connectivity index (χ2n) is 11.1. The normalized spacial score (nSPS) is 29.9. The molecule has 0 heterocycles. The fraction of sp³-hybridized carbons (Fsp3) is 0.655. The zero-order valence-electron chi connectivity index (χ0n) is 20.4. The fourth-order valence-corrected chi connectivity index (χ4v) is 6.83. The average Bonchev–Trinajstić information content (AvgIpc) is 2.73. The lowest BCUT2D eigenvalue weighted by Crippen LogP contribution is -2.55. The van der Waals surface area contributed by atoms with Gasteiger partial charge in [0.2, 0.25) is 0 Å². The van der Waals surface area contributed by atoms with Gasteiger partial charge in [0.1, 0.15) is 5.82 Å². The summed E-state index contributed by atoms with van der Waals surface area (Å²) in [6.07, 6.45) is 15.2. The first-order valence-corrected chi connectivity index (χ1v) is 13.0. The van der Waals surface area contributed by atoms with Gasteiger partial charge in [-0.25, -0.2) is 4.39 Å². The first kappa shape index (κ1) is 23.7. The Hall–Kier alpha value is -1.45. The number of nitrogens with one attached hydrogen (secondary N) is 2. The molecule has 176 valence electrons. The lowest BCUT2D eigenvalue weighted by molar-refractivity contribution is -0.0133. The smallest absolute Gasteiger partial charge is 0.123 e. The Bertz CT molecular complexity index is 762. The average molecular weight is 439 g/mol. The maximum absolute atomic E-state index is 13.3. The van der Waals surface area contributed by atoms with Crippen LogP contribution >= 0.6 is 0 Å². The van der Waals surface area contributed by atoms with E-state index in [9.17, 15) is 4.39 Å². The molecule has 2 nitrogen and oxygen atoms in total. The summed E-state index contributed by atoms with van der Waals surface area (Å²) >= 11 is 0. The van der Waals surface area contributed by atoms with Crippen molar-refractivity contribution < 1.29 is 4.39 Å². The second-order valence-corrected chi connectivity index (χ2v) is 11.1. The van der Waals surface area contributed by atoms with Crippen LogP contribution in [0, 0.1) is 29.5 Å². The van der Waals surface area contributed by atoms with E-state index in [-0.39, 0.29) is 11.9 Å². The number of benzene rings is 1. The van der Waals surface area contributed by atoms with Crippen molar-refractivity contribution in [2.24, 2.45) is 23.7 Å². The summed E-state index contributed by atoms with van der Waals surface area (Å²) in [5.41, 5.74) is 4.00. The molecule has 4 bridgehead atoms. The first-order valence-electron chi connectivity index (χ1n) is 13.0. The number of hydrogen-bond donors (Lipinski definition) is 2. The van der Waals surface area contributed by atoms with Gasteiger partial charge in [0, 0.05) is 25.2 Å². The third kappa shape index (κ3) is 6.54. The standard InChI is InChI=1S/C29H43FN2/c1-20(2)5-4-6-21(3)13-28(19-22-7-9-27(30)10-8-22)31-11-12-32-29-25-15-23-14-24(17-25)18-26(29)16-23/h5,7-10,13,23-26,28-29,31-32H,4,6,11-12,14-19H2,1-3H3/b21-13+. The molecule has 5 rings (SSSR count). The molecule has 1 aromatic rings. The van der Waals surface area contributed by atoms with E-state index in [1.54, 1.807) is 12.1 Å². The minimum absolute atomic E-state index is 0.161. The monoisotopic (exact) mass is 438 g/mol. The van der Waals surface area contributed by atoms with Gasteiger partial charge >= 0.3 is 0 Å². The SMILES string of the molecule is CC(C)=CCC/C(C)=C/C(Cc1ccc(F)cc1)NCCNC1C2CC3CC(C2)CC1C3. The van der Waals surface area contributed by atoms with E-state index in [1.165, 1.54) is 48.8 Å². The molecule has 4 saturated carbocycles. The van der Waals surface area contributed by atoms with Gasteiger partial charge in [-0.1, -0.05) is 35.4 Å². The molecule has 4 aliphatic rings. The summed E-state index contributed by atoms with van der Waals surface area (Å²) in [5.74, 6) is 3.77. The summed E-state index contributed by atoms with van der Waals surface area (Å²) in [4.78, 5) is 0. The quantitative estimate of drug-likeness (QED) is 0.307. The molecule has 32 heavy (non-hydrogen) atoms. The summed E-state index contributed by atoms with van der Waals surface area (Å²) in [6, 6.07) is 8.03. The van der Waals surface area contributed by atoms with Gasteiger partial charge < -0.3 is 10.6 Å². The van der Waals surface area contributed by atoms with E-state index in [4.69, 9.17) is 0 Å². The number of halogens is 1. The van der Waals surface area contributed by atoms with Crippen LogP contribution in [0.5, 0.6) is 0 Å². The van der Waals surface area contributed by atoms with Crippen molar-refractivity contribution in [3.63, 3.8) is 0 Å². The van der Waals surface area contributed by atoms with Crippen LogP contribution in [0.3, 0.4) is 0 Å². The highest BCUT2D eigenvalue weighted by atomic mass is 19.1. The molecule has 2 N–H and O–H groups in total. The topological polar surface area (TPSA) is 24.1 Å². The zero-order valence-corrected chi connectivity index (χ0v) is 20.4. The van der Waals surface area contributed by atoms with Gasteiger partial charge in [0.05, 0.1) is 0 Å². The van der Waals surface area contributed by atoms with E-state index in [0.717, 1.165) is 62.1 Å². The predicted molar refractivity (Wildman–Crippen MR) is 133 cm³/mol. The van der Waals surface area contributed by atoms with E-state index >= 15 is 0 Å². The first-order chi connectivity index (χ1) is 15.5. The molecule has 0 spiro atoms. The molecule has 1 aromatic carbocycles. The summed E-state index contributed by atoms with van der Waals surface area (Å²) in [7, 11) is 0. The number of hydrogen-bond acceptors (Lipinski definition) is 2. The Labute approximate surface area is 195 Å². The Kier molecular flexibility index (Phi) is 8.23. The molecule has 0 amide bonds.